The van der Waals surface area contributed by atoms with E-state index in [1.165, 1.54) is 6.21 Å². The van der Waals surface area contributed by atoms with Crippen molar-refractivity contribution in [3.05, 3.63) is 57.7 Å². The summed E-state index contributed by atoms with van der Waals surface area (Å²) in [6.45, 7) is 1.64. The molecule has 8 heteroatoms. The Kier molecular flexibility index (Phi) is 4.56. The van der Waals surface area contributed by atoms with Crippen LogP contribution in [0.2, 0.25) is 10.0 Å². The van der Waals surface area contributed by atoms with Crippen molar-refractivity contribution in [2.75, 3.05) is 5.43 Å². The van der Waals surface area contributed by atoms with Gasteiger partial charge in [0.2, 0.25) is 5.69 Å². The van der Waals surface area contributed by atoms with E-state index in [1.54, 1.807) is 31.2 Å². The molecule has 2 aromatic heterocycles. The smallest absolute Gasteiger partial charge is 0.252 e. The molecule has 120 valence electrons. The third-order valence-electron chi connectivity index (χ3n) is 3.03. The molecule has 2 heterocycles. The molecular weight excluding hydrogens is 351 g/mol. The molecule has 0 saturated heterocycles. The normalized spacial score (nSPS) is 10.9. The van der Waals surface area contributed by atoms with Crippen molar-refractivity contribution in [2.45, 2.75) is 6.92 Å². The van der Waals surface area contributed by atoms with Crippen LogP contribution in [0.15, 0.2) is 44.3 Å². The van der Waals surface area contributed by atoms with Gasteiger partial charge in [-0.3, -0.25) is 0 Å². The molecule has 0 aliphatic heterocycles. The van der Waals surface area contributed by atoms with Crippen LogP contribution < -0.4 is 5.43 Å². The Labute approximate surface area is 147 Å². The predicted octanol–water partition coefficient (Wildman–Crippen LogP) is 4.87. The van der Waals surface area contributed by atoms with Crippen LogP contribution in [0.4, 0.5) is 5.88 Å². The molecule has 0 amide bonds. The van der Waals surface area contributed by atoms with Crippen molar-refractivity contribution in [3.8, 4) is 17.4 Å². The molecule has 1 N–H and O–H groups in total. The maximum Gasteiger partial charge on any atom is 0.252 e. The number of hydrazone groups is 1. The topological polar surface area (TPSA) is 87.4 Å². The second-order valence-corrected chi connectivity index (χ2v) is 5.54. The first-order valence-electron chi connectivity index (χ1n) is 6.78. The molecule has 6 nitrogen and oxygen atoms in total. The number of hydrogen-bond acceptors (Lipinski definition) is 6. The average molecular weight is 361 g/mol. The third-order valence-corrected chi connectivity index (χ3v) is 3.77. The summed E-state index contributed by atoms with van der Waals surface area (Å²) in [5.41, 5.74) is 3.56. The molecule has 0 saturated carbocycles. The highest BCUT2D eigenvalue weighted by atomic mass is 35.5. The lowest BCUT2D eigenvalue weighted by Crippen LogP contribution is -1.90. The van der Waals surface area contributed by atoms with Gasteiger partial charge in [-0.15, -0.1) is 0 Å². The second-order valence-electron chi connectivity index (χ2n) is 4.72. The van der Waals surface area contributed by atoms with Gasteiger partial charge >= 0.3 is 0 Å². The van der Waals surface area contributed by atoms with Gasteiger partial charge in [-0.25, -0.2) is 10.4 Å². The Hall–Kier alpha value is -2.75. The minimum Gasteiger partial charge on any atom is -0.455 e. The molecule has 0 fully saturated rings. The van der Waals surface area contributed by atoms with Gasteiger partial charge < -0.3 is 8.83 Å². The van der Waals surface area contributed by atoms with Gasteiger partial charge in [0.25, 0.3) is 5.88 Å². The van der Waals surface area contributed by atoms with Gasteiger partial charge in [-0.05, 0) is 30.3 Å². The number of aromatic nitrogens is 1. The fourth-order valence-electron chi connectivity index (χ4n) is 1.96. The molecule has 0 unspecified atom stereocenters. The zero-order valence-corrected chi connectivity index (χ0v) is 13.9. The highest BCUT2D eigenvalue weighted by Gasteiger charge is 2.09. The number of benzene rings is 1. The molecule has 0 radical (unpaired) electrons. The fraction of sp³-hybridized carbons (Fsp3) is 0.0625. The molecule has 0 bridgehead atoms. The van der Waals surface area contributed by atoms with Crippen LogP contribution >= 0.6 is 23.2 Å². The zero-order chi connectivity index (χ0) is 17.1. The van der Waals surface area contributed by atoms with E-state index in [-0.39, 0.29) is 11.6 Å². The summed E-state index contributed by atoms with van der Waals surface area (Å²) >= 11 is 11.9. The fourth-order valence-corrected chi connectivity index (χ4v) is 2.26. The Bertz CT molecular complexity index is 953. The van der Waals surface area contributed by atoms with Gasteiger partial charge in [0.1, 0.15) is 17.6 Å². The van der Waals surface area contributed by atoms with Crippen LogP contribution in [-0.4, -0.2) is 11.2 Å². The van der Waals surface area contributed by atoms with Crippen molar-refractivity contribution < 1.29 is 8.83 Å². The van der Waals surface area contributed by atoms with E-state index in [1.807, 2.05) is 12.1 Å². The average Bonchev–Trinajstić information content (AvgIpc) is 3.17. The molecule has 1 aromatic carbocycles. The van der Waals surface area contributed by atoms with Crippen molar-refractivity contribution in [1.82, 2.24) is 4.98 Å². The van der Waals surface area contributed by atoms with Gasteiger partial charge in [0.05, 0.1) is 16.3 Å². The Balaban J connectivity index is 1.74. The van der Waals surface area contributed by atoms with E-state index in [2.05, 4.69) is 15.5 Å². The van der Waals surface area contributed by atoms with Crippen molar-refractivity contribution in [1.29, 1.82) is 5.26 Å². The van der Waals surface area contributed by atoms with Crippen molar-refractivity contribution in [2.24, 2.45) is 5.10 Å². The lowest BCUT2D eigenvalue weighted by atomic mass is 10.2. The molecule has 0 atom stereocenters. The Morgan fingerprint density at radius 1 is 1.21 bits per heavy atom. The lowest BCUT2D eigenvalue weighted by Gasteiger charge is -1.99. The minimum atomic E-state index is 0.139. The standard InChI is InChI=1S/C16H10Cl2N4O2/c1-9-21-14(7-19)16(23-9)22-20-8-11-3-5-15(24-11)10-2-4-12(17)13(18)6-10/h2-6,8,22H,1H3. The molecule has 0 aliphatic carbocycles. The quantitative estimate of drug-likeness (QED) is 0.529. The van der Waals surface area contributed by atoms with Crippen LogP contribution in [0.1, 0.15) is 17.3 Å². The molecular formula is C16H10Cl2N4O2. The molecule has 0 spiro atoms. The summed E-state index contributed by atoms with van der Waals surface area (Å²) < 4.78 is 10.9. The predicted molar refractivity (Wildman–Crippen MR) is 91.3 cm³/mol. The summed E-state index contributed by atoms with van der Waals surface area (Å²) in [4.78, 5) is 3.90. The number of nitriles is 1. The largest absolute Gasteiger partial charge is 0.455 e. The Morgan fingerprint density at radius 3 is 2.79 bits per heavy atom. The van der Waals surface area contributed by atoms with E-state index in [0.717, 1.165) is 5.56 Å². The number of anilines is 1. The molecule has 24 heavy (non-hydrogen) atoms. The maximum absolute atomic E-state index is 8.92. The highest BCUT2D eigenvalue weighted by molar-refractivity contribution is 6.42. The monoisotopic (exact) mass is 360 g/mol. The summed E-state index contributed by atoms with van der Waals surface area (Å²) in [5, 5.41) is 13.8. The first-order valence-corrected chi connectivity index (χ1v) is 7.54. The van der Waals surface area contributed by atoms with E-state index >= 15 is 0 Å². The summed E-state index contributed by atoms with van der Waals surface area (Å²) in [6.07, 6.45) is 1.46. The number of rotatable bonds is 4. The first-order chi connectivity index (χ1) is 11.6. The van der Waals surface area contributed by atoms with E-state index < -0.39 is 0 Å². The van der Waals surface area contributed by atoms with E-state index in [9.17, 15) is 0 Å². The van der Waals surface area contributed by atoms with E-state index in [4.69, 9.17) is 37.3 Å². The number of furan rings is 1. The first kappa shape index (κ1) is 16.1. The maximum atomic E-state index is 8.92. The Morgan fingerprint density at radius 2 is 2.04 bits per heavy atom. The van der Waals surface area contributed by atoms with Crippen molar-refractivity contribution >= 4 is 35.3 Å². The van der Waals surface area contributed by atoms with Crippen LogP contribution in [0.3, 0.4) is 0 Å². The number of halogens is 2. The van der Waals surface area contributed by atoms with Crippen LogP contribution in [0.5, 0.6) is 0 Å². The highest BCUT2D eigenvalue weighted by Crippen LogP contribution is 2.29. The summed E-state index contributed by atoms with van der Waals surface area (Å²) in [6, 6.07) is 10.7. The third kappa shape index (κ3) is 3.43. The number of nitrogens with zero attached hydrogens (tertiary/aromatic N) is 3. The van der Waals surface area contributed by atoms with Crippen molar-refractivity contribution in [3.63, 3.8) is 0 Å². The second kappa shape index (κ2) is 6.79. The van der Waals surface area contributed by atoms with Crippen LogP contribution in [0, 0.1) is 18.3 Å². The number of aryl methyl sites for hydroxylation is 1. The number of oxazole rings is 1. The number of hydrogen-bond donors (Lipinski definition) is 1. The van der Waals surface area contributed by atoms with E-state index in [0.29, 0.717) is 27.5 Å². The van der Waals surface area contributed by atoms with Gasteiger partial charge in [-0.1, -0.05) is 23.2 Å². The van der Waals surface area contributed by atoms with Gasteiger partial charge in [0, 0.05) is 12.5 Å². The van der Waals surface area contributed by atoms with Crippen LogP contribution in [-0.2, 0) is 0 Å². The zero-order valence-electron chi connectivity index (χ0n) is 12.4. The summed E-state index contributed by atoms with van der Waals surface area (Å²) in [7, 11) is 0. The van der Waals surface area contributed by atoms with Gasteiger partial charge in [-0.2, -0.15) is 10.4 Å². The molecule has 3 rings (SSSR count). The van der Waals surface area contributed by atoms with Crippen LogP contribution in [0.25, 0.3) is 11.3 Å². The van der Waals surface area contributed by atoms with Gasteiger partial charge in [0.15, 0.2) is 5.89 Å². The number of nitrogens with one attached hydrogen (secondary N) is 1. The molecule has 0 aliphatic rings. The minimum absolute atomic E-state index is 0.139. The molecule has 3 aromatic rings. The summed E-state index contributed by atoms with van der Waals surface area (Å²) in [5.74, 6) is 1.70. The SMILES string of the molecule is Cc1nc(C#N)c(NN=Cc2ccc(-c3ccc(Cl)c(Cl)c3)o2)o1. The lowest BCUT2D eigenvalue weighted by molar-refractivity contribution is 0.533.